The van der Waals surface area contributed by atoms with Crippen LogP contribution in [-0.4, -0.2) is 106 Å². The number of piperidine rings is 1. The molecular weight excluding hydrogens is 314 g/mol. The third kappa shape index (κ3) is 6.14. The van der Waals surface area contributed by atoms with Gasteiger partial charge in [-0.3, -0.25) is 14.8 Å². The second-order valence-corrected chi connectivity index (χ2v) is 6.96. The molecule has 1 atom stereocenters. The van der Waals surface area contributed by atoms with E-state index in [0.29, 0.717) is 12.1 Å². The van der Waals surface area contributed by atoms with Crippen LogP contribution in [0.3, 0.4) is 0 Å². The van der Waals surface area contributed by atoms with Gasteiger partial charge in [0.25, 0.3) is 6.43 Å². The van der Waals surface area contributed by atoms with Crippen LogP contribution in [0.25, 0.3) is 0 Å². The average Bonchev–Trinajstić information content (AvgIpc) is 2.55. The van der Waals surface area contributed by atoms with Crippen LogP contribution in [0.1, 0.15) is 12.8 Å². The fourth-order valence-electron chi connectivity index (χ4n) is 3.38. The number of nitrogens with zero attached hydrogens (tertiary/aromatic N) is 4. The number of hydrogen-bond donors (Lipinski definition) is 2. The van der Waals surface area contributed by atoms with Crippen molar-refractivity contribution in [3.63, 3.8) is 0 Å². The van der Waals surface area contributed by atoms with Gasteiger partial charge in [-0.15, -0.1) is 0 Å². The van der Waals surface area contributed by atoms with Crippen molar-refractivity contribution in [1.82, 2.24) is 25.3 Å². The van der Waals surface area contributed by atoms with Gasteiger partial charge in [0.1, 0.15) is 0 Å². The third-order valence-corrected chi connectivity index (χ3v) is 5.03. The normalized spacial score (nSPS) is 26.1. The van der Waals surface area contributed by atoms with Crippen molar-refractivity contribution in [2.24, 2.45) is 4.99 Å². The summed E-state index contributed by atoms with van der Waals surface area (Å²) < 4.78 is 24.8. The average molecular weight is 346 g/mol. The van der Waals surface area contributed by atoms with Gasteiger partial charge >= 0.3 is 0 Å². The second kappa shape index (κ2) is 9.48. The van der Waals surface area contributed by atoms with Gasteiger partial charge in [0.15, 0.2) is 5.96 Å². The number of aliphatic imine (C=N–C) groups is 1. The Hall–Kier alpha value is -0.990. The molecule has 0 saturated carbocycles. The molecule has 2 N–H and O–H groups in total. The zero-order valence-electron chi connectivity index (χ0n) is 15.1. The molecule has 0 aromatic rings. The number of nitrogens with one attached hydrogen (secondary N) is 2. The fraction of sp³-hybridized carbons (Fsp3) is 0.938. The first kappa shape index (κ1) is 19.3. The lowest BCUT2D eigenvalue weighted by molar-refractivity contribution is 0.0744. The Kier molecular flexibility index (Phi) is 7.64. The molecule has 2 rings (SSSR count). The van der Waals surface area contributed by atoms with E-state index in [9.17, 15) is 8.78 Å². The highest BCUT2D eigenvalue weighted by atomic mass is 19.3. The van der Waals surface area contributed by atoms with Gasteiger partial charge < -0.3 is 15.5 Å². The first-order chi connectivity index (χ1) is 11.5. The monoisotopic (exact) mass is 346 g/mol. The molecular formula is C16H32F2N6. The molecule has 0 radical (unpaired) electrons. The molecule has 0 aromatic heterocycles. The molecule has 0 aliphatic carbocycles. The molecule has 2 aliphatic rings. The van der Waals surface area contributed by atoms with Crippen molar-refractivity contribution < 1.29 is 8.78 Å². The number of alkyl halides is 2. The quantitative estimate of drug-likeness (QED) is 0.547. The van der Waals surface area contributed by atoms with Gasteiger partial charge in [-0.1, -0.05) is 0 Å². The van der Waals surface area contributed by atoms with Crippen LogP contribution in [0.5, 0.6) is 0 Å². The summed E-state index contributed by atoms with van der Waals surface area (Å²) in [6.45, 7) is 5.41. The molecule has 6 nitrogen and oxygen atoms in total. The number of rotatable bonds is 5. The summed E-state index contributed by atoms with van der Waals surface area (Å²) in [5.74, 6) is 0.809. The smallest absolute Gasteiger partial charge is 0.251 e. The maximum absolute atomic E-state index is 12.4. The summed E-state index contributed by atoms with van der Waals surface area (Å²) in [7, 11) is 6.09. The van der Waals surface area contributed by atoms with Crippen LogP contribution in [0.4, 0.5) is 8.78 Å². The summed E-state index contributed by atoms with van der Waals surface area (Å²) in [4.78, 5) is 10.9. The van der Waals surface area contributed by atoms with Crippen LogP contribution in [-0.2, 0) is 0 Å². The first-order valence-corrected chi connectivity index (χ1v) is 8.84. The van der Waals surface area contributed by atoms with Crippen molar-refractivity contribution in [2.75, 3.05) is 67.0 Å². The standard InChI is InChI=1S/C16H32F2N6/c1-19-16(20-10-14-11-22(2)8-9-23(14)3)21-13-4-6-24(7-5-13)12-15(17)18/h13-15H,4-12H2,1-3H3,(H2,19,20,21). The molecule has 2 heterocycles. The summed E-state index contributed by atoms with van der Waals surface area (Å²) >= 11 is 0. The van der Waals surface area contributed by atoms with Gasteiger partial charge in [0.2, 0.25) is 0 Å². The molecule has 2 fully saturated rings. The van der Waals surface area contributed by atoms with Crippen LogP contribution < -0.4 is 10.6 Å². The topological polar surface area (TPSA) is 46.1 Å². The van der Waals surface area contributed by atoms with E-state index in [1.165, 1.54) is 0 Å². The van der Waals surface area contributed by atoms with E-state index in [-0.39, 0.29) is 6.54 Å². The van der Waals surface area contributed by atoms with Gasteiger partial charge in [0, 0.05) is 58.4 Å². The highest BCUT2D eigenvalue weighted by molar-refractivity contribution is 5.80. The van der Waals surface area contributed by atoms with E-state index in [1.54, 1.807) is 7.05 Å². The summed E-state index contributed by atoms with van der Waals surface area (Å²) in [6, 6.07) is 0.770. The molecule has 0 amide bonds. The lowest BCUT2D eigenvalue weighted by atomic mass is 10.1. The molecule has 0 bridgehead atoms. The Morgan fingerprint density at radius 3 is 2.50 bits per heavy atom. The largest absolute Gasteiger partial charge is 0.355 e. The van der Waals surface area contributed by atoms with Crippen molar-refractivity contribution >= 4 is 5.96 Å². The molecule has 2 aliphatic heterocycles. The lowest BCUT2D eigenvalue weighted by Gasteiger charge is -2.38. The van der Waals surface area contributed by atoms with Crippen molar-refractivity contribution in [2.45, 2.75) is 31.4 Å². The van der Waals surface area contributed by atoms with Crippen LogP contribution in [0.15, 0.2) is 4.99 Å². The Morgan fingerprint density at radius 1 is 1.17 bits per heavy atom. The lowest BCUT2D eigenvalue weighted by Crippen LogP contribution is -2.56. The fourth-order valence-corrected chi connectivity index (χ4v) is 3.38. The minimum atomic E-state index is -2.24. The first-order valence-electron chi connectivity index (χ1n) is 8.84. The zero-order valence-corrected chi connectivity index (χ0v) is 15.1. The summed E-state index contributed by atoms with van der Waals surface area (Å²) in [5, 5.41) is 6.86. The number of halogens is 2. The predicted molar refractivity (Wildman–Crippen MR) is 93.9 cm³/mol. The number of likely N-dealkylation sites (tertiary alicyclic amines) is 1. The number of guanidine groups is 1. The van der Waals surface area contributed by atoms with E-state index >= 15 is 0 Å². The SMILES string of the molecule is CN=C(NCC1CN(C)CCN1C)NC1CCN(CC(F)F)CC1. The Balaban J connectivity index is 1.71. The number of likely N-dealkylation sites (N-methyl/N-ethyl adjacent to an activating group) is 2. The third-order valence-electron chi connectivity index (χ3n) is 5.03. The Labute approximate surface area is 144 Å². The minimum absolute atomic E-state index is 0.110. The summed E-state index contributed by atoms with van der Waals surface area (Å²) in [6.07, 6.45) is -0.492. The van der Waals surface area contributed by atoms with Crippen molar-refractivity contribution in [3.8, 4) is 0 Å². The zero-order chi connectivity index (χ0) is 17.5. The number of hydrogen-bond acceptors (Lipinski definition) is 4. The molecule has 8 heteroatoms. The van der Waals surface area contributed by atoms with E-state index in [0.717, 1.165) is 58.1 Å². The summed E-state index contributed by atoms with van der Waals surface area (Å²) in [5.41, 5.74) is 0. The Morgan fingerprint density at radius 2 is 1.88 bits per heavy atom. The van der Waals surface area contributed by atoms with E-state index in [4.69, 9.17) is 0 Å². The highest BCUT2D eigenvalue weighted by Gasteiger charge is 2.24. The van der Waals surface area contributed by atoms with E-state index in [1.807, 2.05) is 4.90 Å². The van der Waals surface area contributed by atoms with Gasteiger partial charge in [-0.2, -0.15) is 0 Å². The van der Waals surface area contributed by atoms with Gasteiger partial charge in [-0.25, -0.2) is 8.78 Å². The van der Waals surface area contributed by atoms with Crippen LogP contribution >= 0.6 is 0 Å². The van der Waals surface area contributed by atoms with Crippen LogP contribution in [0, 0.1) is 0 Å². The van der Waals surface area contributed by atoms with E-state index in [2.05, 4.69) is 39.5 Å². The minimum Gasteiger partial charge on any atom is -0.355 e. The molecule has 140 valence electrons. The maximum Gasteiger partial charge on any atom is 0.251 e. The van der Waals surface area contributed by atoms with Gasteiger partial charge in [-0.05, 0) is 26.9 Å². The number of piperazine rings is 1. The predicted octanol–water partition coefficient (Wildman–Crippen LogP) is 0.127. The maximum atomic E-state index is 12.4. The molecule has 0 aromatic carbocycles. The molecule has 2 saturated heterocycles. The Bertz CT molecular complexity index is 398. The second-order valence-electron chi connectivity index (χ2n) is 6.96. The van der Waals surface area contributed by atoms with Crippen LogP contribution in [0.2, 0.25) is 0 Å². The molecule has 1 unspecified atom stereocenters. The molecule has 0 spiro atoms. The van der Waals surface area contributed by atoms with Gasteiger partial charge in [0.05, 0.1) is 6.54 Å². The van der Waals surface area contributed by atoms with Crippen molar-refractivity contribution in [3.05, 3.63) is 0 Å². The highest BCUT2D eigenvalue weighted by Crippen LogP contribution is 2.12. The van der Waals surface area contributed by atoms with Crippen molar-refractivity contribution in [1.29, 1.82) is 0 Å². The molecule has 24 heavy (non-hydrogen) atoms. The van der Waals surface area contributed by atoms with E-state index < -0.39 is 6.43 Å².